The Balaban J connectivity index is 1.86. The second kappa shape index (κ2) is 7.55. The van der Waals surface area contributed by atoms with Crippen LogP contribution in [0, 0.1) is 11.7 Å². The van der Waals surface area contributed by atoms with Gasteiger partial charge in [-0.05, 0) is 63.5 Å². The highest BCUT2D eigenvalue weighted by Gasteiger charge is 2.15. The van der Waals surface area contributed by atoms with Gasteiger partial charge in [-0.15, -0.1) is 0 Å². The minimum atomic E-state index is -0.173. The predicted octanol–water partition coefficient (Wildman–Crippen LogP) is 3.37. The monoisotopic (exact) mass is 276 g/mol. The van der Waals surface area contributed by atoms with Gasteiger partial charge in [-0.25, -0.2) is 4.39 Å². The van der Waals surface area contributed by atoms with Gasteiger partial charge in [0.15, 0.2) is 0 Å². The van der Waals surface area contributed by atoms with Gasteiger partial charge in [-0.2, -0.15) is 0 Å². The summed E-state index contributed by atoms with van der Waals surface area (Å²) in [5, 5.41) is 3.58. The molecule has 0 aromatic heterocycles. The molecule has 20 heavy (non-hydrogen) atoms. The van der Waals surface area contributed by atoms with Crippen molar-refractivity contribution in [2.45, 2.75) is 25.3 Å². The molecule has 2 nitrogen and oxygen atoms in total. The number of benzene rings is 1. The van der Waals surface area contributed by atoms with Gasteiger partial charge in [-0.1, -0.05) is 24.3 Å². The molecule has 0 bridgehead atoms. The molecule has 0 heterocycles. The van der Waals surface area contributed by atoms with Crippen LogP contribution in [0.1, 0.15) is 30.9 Å². The van der Waals surface area contributed by atoms with E-state index in [9.17, 15) is 4.39 Å². The largest absolute Gasteiger partial charge is 0.315 e. The molecule has 3 heteroatoms. The fourth-order valence-corrected chi connectivity index (χ4v) is 2.75. The van der Waals surface area contributed by atoms with E-state index in [2.05, 4.69) is 36.5 Å². The maximum atomic E-state index is 13.0. The molecule has 1 aliphatic carbocycles. The van der Waals surface area contributed by atoms with Crippen molar-refractivity contribution in [2.24, 2.45) is 5.92 Å². The number of hydrogen-bond acceptors (Lipinski definition) is 2. The van der Waals surface area contributed by atoms with Crippen LogP contribution in [-0.4, -0.2) is 32.1 Å². The lowest BCUT2D eigenvalue weighted by atomic mass is 9.94. The molecule has 0 amide bonds. The van der Waals surface area contributed by atoms with Gasteiger partial charge in [0.2, 0.25) is 0 Å². The highest BCUT2D eigenvalue weighted by atomic mass is 19.1. The lowest BCUT2D eigenvalue weighted by molar-refractivity contribution is 0.281. The van der Waals surface area contributed by atoms with E-state index in [4.69, 9.17) is 0 Å². The van der Waals surface area contributed by atoms with E-state index in [1.807, 2.05) is 12.1 Å². The lowest BCUT2D eigenvalue weighted by Gasteiger charge is -2.26. The SMILES string of the molecule is CN(C)C(CNCC1CC=CCC1)c1ccc(F)cc1. The number of hydrogen-bond donors (Lipinski definition) is 1. The van der Waals surface area contributed by atoms with Crippen LogP contribution >= 0.6 is 0 Å². The van der Waals surface area contributed by atoms with Gasteiger partial charge in [0.1, 0.15) is 5.82 Å². The molecule has 110 valence electrons. The highest BCUT2D eigenvalue weighted by Crippen LogP contribution is 2.19. The summed E-state index contributed by atoms with van der Waals surface area (Å²) in [4.78, 5) is 2.18. The Hall–Kier alpha value is -1.19. The minimum Gasteiger partial charge on any atom is -0.315 e. The van der Waals surface area contributed by atoms with Crippen LogP contribution in [0.4, 0.5) is 4.39 Å². The average molecular weight is 276 g/mol. The van der Waals surface area contributed by atoms with Gasteiger partial charge < -0.3 is 10.2 Å². The Morgan fingerprint density at radius 3 is 2.60 bits per heavy atom. The summed E-state index contributed by atoms with van der Waals surface area (Å²) in [6.07, 6.45) is 8.25. The maximum absolute atomic E-state index is 13.0. The van der Waals surface area contributed by atoms with E-state index in [1.165, 1.54) is 31.4 Å². The molecule has 1 aromatic rings. The zero-order valence-electron chi connectivity index (χ0n) is 12.5. The van der Waals surface area contributed by atoms with Gasteiger partial charge in [0, 0.05) is 12.6 Å². The van der Waals surface area contributed by atoms with Crippen molar-refractivity contribution in [3.05, 3.63) is 47.8 Å². The molecule has 0 saturated carbocycles. The van der Waals surface area contributed by atoms with Crippen LogP contribution in [-0.2, 0) is 0 Å². The van der Waals surface area contributed by atoms with E-state index in [0.29, 0.717) is 0 Å². The Morgan fingerprint density at radius 1 is 1.25 bits per heavy atom. The van der Waals surface area contributed by atoms with Crippen LogP contribution in [0.3, 0.4) is 0 Å². The van der Waals surface area contributed by atoms with Crippen molar-refractivity contribution in [3.63, 3.8) is 0 Å². The zero-order chi connectivity index (χ0) is 14.4. The van der Waals surface area contributed by atoms with Crippen molar-refractivity contribution < 1.29 is 4.39 Å². The molecular formula is C17H25FN2. The lowest BCUT2D eigenvalue weighted by Crippen LogP contribution is -2.33. The molecule has 0 radical (unpaired) electrons. The number of rotatable bonds is 6. The Kier molecular flexibility index (Phi) is 5.74. The summed E-state index contributed by atoms with van der Waals surface area (Å²) in [5.74, 6) is 0.587. The first-order chi connectivity index (χ1) is 9.66. The second-order valence-corrected chi connectivity index (χ2v) is 5.84. The van der Waals surface area contributed by atoms with Crippen molar-refractivity contribution in [1.29, 1.82) is 0 Å². The minimum absolute atomic E-state index is 0.173. The summed E-state index contributed by atoms with van der Waals surface area (Å²) >= 11 is 0. The fraction of sp³-hybridized carbons (Fsp3) is 0.529. The smallest absolute Gasteiger partial charge is 0.123 e. The number of likely N-dealkylation sites (N-methyl/N-ethyl adjacent to an activating group) is 1. The molecule has 2 rings (SSSR count). The topological polar surface area (TPSA) is 15.3 Å². The van der Waals surface area contributed by atoms with Crippen molar-refractivity contribution in [1.82, 2.24) is 10.2 Å². The summed E-state index contributed by atoms with van der Waals surface area (Å²) in [5.41, 5.74) is 1.16. The summed E-state index contributed by atoms with van der Waals surface area (Å²) < 4.78 is 13.0. The van der Waals surface area contributed by atoms with Crippen LogP contribution in [0.15, 0.2) is 36.4 Å². The van der Waals surface area contributed by atoms with E-state index in [0.717, 1.165) is 24.6 Å². The Labute approximate surface area is 121 Å². The van der Waals surface area contributed by atoms with Gasteiger partial charge in [-0.3, -0.25) is 0 Å². The third kappa shape index (κ3) is 4.43. The molecule has 0 saturated heterocycles. The zero-order valence-corrected chi connectivity index (χ0v) is 12.5. The summed E-state index contributed by atoms with van der Waals surface area (Å²) in [6.45, 7) is 1.97. The Morgan fingerprint density at radius 2 is 2.00 bits per heavy atom. The third-order valence-electron chi connectivity index (χ3n) is 4.03. The van der Waals surface area contributed by atoms with Crippen LogP contribution < -0.4 is 5.32 Å². The molecule has 2 unspecified atom stereocenters. The number of allylic oxidation sites excluding steroid dienone is 2. The highest BCUT2D eigenvalue weighted by molar-refractivity contribution is 5.20. The van der Waals surface area contributed by atoms with Crippen molar-refractivity contribution in [3.8, 4) is 0 Å². The first-order valence-corrected chi connectivity index (χ1v) is 7.44. The van der Waals surface area contributed by atoms with E-state index >= 15 is 0 Å². The van der Waals surface area contributed by atoms with Gasteiger partial charge in [0.25, 0.3) is 0 Å². The molecule has 1 aliphatic rings. The molecule has 1 N–H and O–H groups in total. The van der Waals surface area contributed by atoms with Crippen LogP contribution in [0.5, 0.6) is 0 Å². The quantitative estimate of drug-likeness (QED) is 0.801. The van der Waals surface area contributed by atoms with E-state index in [1.54, 1.807) is 0 Å². The number of halogens is 1. The maximum Gasteiger partial charge on any atom is 0.123 e. The Bertz CT molecular complexity index is 425. The summed E-state index contributed by atoms with van der Waals surface area (Å²) in [7, 11) is 4.14. The molecular weight excluding hydrogens is 251 g/mol. The number of nitrogens with one attached hydrogen (secondary N) is 1. The van der Waals surface area contributed by atoms with Gasteiger partial charge in [0.05, 0.1) is 0 Å². The van der Waals surface area contributed by atoms with E-state index in [-0.39, 0.29) is 11.9 Å². The van der Waals surface area contributed by atoms with E-state index < -0.39 is 0 Å². The standard InChI is InChI=1S/C17H25FN2/c1-20(2)17(15-8-10-16(18)11-9-15)13-19-12-14-6-4-3-5-7-14/h3-4,8-11,14,17,19H,5-7,12-13H2,1-2H3. The van der Waals surface area contributed by atoms with Gasteiger partial charge >= 0.3 is 0 Å². The average Bonchev–Trinajstić information content (AvgIpc) is 2.46. The molecule has 1 aromatic carbocycles. The third-order valence-corrected chi connectivity index (χ3v) is 4.03. The molecule has 0 fully saturated rings. The fourth-order valence-electron chi connectivity index (χ4n) is 2.75. The molecule has 0 spiro atoms. The predicted molar refractivity (Wildman–Crippen MR) is 82.2 cm³/mol. The van der Waals surface area contributed by atoms with Crippen molar-refractivity contribution >= 4 is 0 Å². The normalized spacial score (nSPS) is 20.3. The first-order valence-electron chi connectivity index (χ1n) is 7.44. The second-order valence-electron chi connectivity index (χ2n) is 5.84. The number of nitrogens with zero attached hydrogens (tertiary/aromatic N) is 1. The molecule has 0 aliphatic heterocycles. The summed E-state index contributed by atoms with van der Waals surface area (Å²) in [6, 6.07) is 7.13. The first kappa shape index (κ1) is 15.2. The molecule has 2 atom stereocenters. The van der Waals surface area contributed by atoms with Crippen molar-refractivity contribution in [2.75, 3.05) is 27.2 Å². The van der Waals surface area contributed by atoms with Crippen LogP contribution in [0.25, 0.3) is 0 Å². The van der Waals surface area contributed by atoms with Crippen LogP contribution in [0.2, 0.25) is 0 Å².